The number of nitrogens with one attached hydrogen (secondary N) is 1. The molecule has 1 heterocycles. The largest absolute Gasteiger partial charge is 0.507 e. The second-order valence-electron chi connectivity index (χ2n) is 3.68. The lowest BCUT2D eigenvalue weighted by atomic mass is 10.2. The molecule has 1 amide bonds. The molecule has 0 fully saturated rings. The van der Waals surface area contributed by atoms with E-state index in [-0.39, 0.29) is 22.8 Å². The van der Waals surface area contributed by atoms with Crippen molar-refractivity contribution in [1.29, 1.82) is 0 Å². The van der Waals surface area contributed by atoms with E-state index < -0.39 is 11.9 Å². The van der Waals surface area contributed by atoms with Gasteiger partial charge in [-0.2, -0.15) is 0 Å². The van der Waals surface area contributed by atoms with Crippen molar-refractivity contribution in [2.24, 2.45) is 0 Å². The summed E-state index contributed by atoms with van der Waals surface area (Å²) in [5.41, 5.74) is -0.0832. The second kappa shape index (κ2) is 5.18. The molecule has 0 unspecified atom stereocenters. The predicted molar refractivity (Wildman–Crippen MR) is 67.3 cm³/mol. The molecular formula is C13H10N2O4. The summed E-state index contributed by atoms with van der Waals surface area (Å²) in [7, 11) is 0. The van der Waals surface area contributed by atoms with E-state index in [2.05, 4.69) is 10.3 Å². The molecule has 0 saturated heterocycles. The number of aromatic carboxylic acids is 1. The van der Waals surface area contributed by atoms with Crippen LogP contribution in [0.4, 0.5) is 5.82 Å². The summed E-state index contributed by atoms with van der Waals surface area (Å²) < 4.78 is 0. The Morgan fingerprint density at radius 3 is 2.47 bits per heavy atom. The monoisotopic (exact) mass is 258 g/mol. The number of carboxylic acid groups (broad SMARTS) is 1. The van der Waals surface area contributed by atoms with E-state index in [0.717, 1.165) is 0 Å². The Kier molecular flexibility index (Phi) is 3.42. The number of carboxylic acids is 1. The van der Waals surface area contributed by atoms with Crippen molar-refractivity contribution in [3.63, 3.8) is 0 Å². The van der Waals surface area contributed by atoms with Gasteiger partial charge in [0.25, 0.3) is 5.91 Å². The number of carbonyl (C=O) groups is 2. The van der Waals surface area contributed by atoms with Crippen LogP contribution in [0.2, 0.25) is 0 Å². The van der Waals surface area contributed by atoms with E-state index in [9.17, 15) is 14.7 Å². The van der Waals surface area contributed by atoms with Crippen LogP contribution in [0, 0.1) is 0 Å². The maximum Gasteiger partial charge on any atom is 0.354 e. The summed E-state index contributed by atoms with van der Waals surface area (Å²) in [6, 6.07) is 10.3. The lowest BCUT2D eigenvalue weighted by Crippen LogP contribution is -2.14. The Bertz CT molecular complexity index is 640. The number of hydrogen-bond acceptors (Lipinski definition) is 4. The number of phenolic OH excluding ortho intramolecular Hbond substituents is 1. The molecule has 0 atom stereocenters. The normalized spacial score (nSPS) is 9.89. The molecule has 2 rings (SSSR count). The first-order valence-corrected chi connectivity index (χ1v) is 5.37. The lowest BCUT2D eigenvalue weighted by Gasteiger charge is -2.06. The molecule has 1 aromatic heterocycles. The lowest BCUT2D eigenvalue weighted by molar-refractivity contribution is 0.0690. The van der Waals surface area contributed by atoms with E-state index in [1.807, 2.05) is 0 Å². The molecule has 0 spiro atoms. The Morgan fingerprint density at radius 2 is 1.79 bits per heavy atom. The van der Waals surface area contributed by atoms with Gasteiger partial charge in [0.2, 0.25) is 0 Å². The van der Waals surface area contributed by atoms with Gasteiger partial charge in [-0.15, -0.1) is 0 Å². The summed E-state index contributed by atoms with van der Waals surface area (Å²) in [4.78, 5) is 26.4. The number of hydrogen-bond donors (Lipinski definition) is 3. The number of rotatable bonds is 3. The van der Waals surface area contributed by atoms with Crippen LogP contribution < -0.4 is 5.32 Å². The molecule has 6 nitrogen and oxygen atoms in total. The van der Waals surface area contributed by atoms with Gasteiger partial charge in [0.1, 0.15) is 11.6 Å². The summed E-state index contributed by atoms with van der Waals surface area (Å²) in [6.07, 6.45) is 0. The maximum absolute atomic E-state index is 11.9. The van der Waals surface area contributed by atoms with Crippen LogP contribution in [0.5, 0.6) is 5.75 Å². The molecule has 0 radical (unpaired) electrons. The number of aromatic nitrogens is 1. The van der Waals surface area contributed by atoms with Gasteiger partial charge in [-0.1, -0.05) is 18.2 Å². The van der Waals surface area contributed by atoms with Crippen LogP contribution >= 0.6 is 0 Å². The van der Waals surface area contributed by atoms with Crippen molar-refractivity contribution in [2.45, 2.75) is 0 Å². The van der Waals surface area contributed by atoms with Gasteiger partial charge in [-0.05, 0) is 24.3 Å². The number of para-hydroxylation sites is 1. The third-order valence-electron chi connectivity index (χ3n) is 2.36. The van der Waals surface area contributed by atoms with Crippen molar-refractivity contribution in [2.75, 3.05) is 5.32 Å². The fourth-order valence-electron chi connectivity index (χ4n) is 1.47. The summed E-state index contributed by atoms with van der Waals surface area (Å²) >= 11 is 0. The van der Waals surface area contributed by atoms with Gasteiger partial charge in [0, 0.05) is 0 Å². The number of pyridine rings is 1. The highest BCUT2D eigenvalue weighted by atomic mass is 16.4. The minimum Gasteiger partial charge on any atom is -0.507 e. The summed E-state index contributed by atoms with van der Waals surface area (Å²) in [6.45, 7) is 0. The minimum atomic E-state index is -1.18. The van der Waals surface area contributed by atoms with Gasteiger partial charge < -0.3 is 15.5 Å². The highest BCUT2D eigenvalue weighted by Gasteiger charge is 2.12. The van der Waals surface area contributed by atoms with Crippen molar-refractivity contribution in [3.8, 4) is 5.75 Å². The maximum atomic E-state index is 11.9. The number of phenols is 1. The SMILES string of the molecule is O=C(O)c1cccc(NC(=O)c2ccccc2O)n1. The topological polar surface area (TPSA) is 99.5 Å². The average Bonchev–Trinajstić information content (AvgIpc) is 2.39. The molecule has 1 aromatic carbocycles. The molecule has 2 aromatic rings. The number of benzene rings is 1. The molecule has 0 aliphatic rings. The first-order chi connectivity index (χ1) is 9.08. The third-order valence-corrected chi connectivity index (χ3v) is 2.36. The standard InChI is InChI=1S/C13H10N2O4/c16-10-6-2-1-4-8(10)12(17)15-11-7-3-5-9(14-11)13(18)19/h1-7,16H,(H,18,19)(H,14,15,17). The summed E-state index contributed by atoms with van der Waals surface area (Å²) in [5, 5.41) is 20.7. The van der Waals surface area contributed by atoms with Crippen LogP contribution in [0.25, 0.3) is 0 Å². The predicted octanol–water partition coefficient (Wildman–Crippen LogP) is 1.74. The Hall–Kier alpha value is -2.89. The second-order valence-corrected chi connectivity index (χ2v) is 3.68. The van der Waals surface area contributed by atoms with Gasteiger partial charge in [-0.3, -0.25) is 4.79 Å². The number of aromatic hydroxyl groups is 1. The Balaban J connectivity index is 2.22. The Morgan fingerprint density at radius 1 is 1.05 bits per heavy atom. The molecule has 0 saturated carbocycles. The zero-order chi connectivity index (χ0) is 13.8. The molecule has 0 bridgehead atoms. The highest BCUT2D eigenvalue weighted by Crippen LogP contribution is 2.17. The smallest absolute Gasteiger partial charge is 0.354 e. The van der Waals surface area contributed by atoms with E-state index in [1.54, 1.807) is 12.1 Å². The van der Waals surface area contributed by atoms with Crippen molar-refractivity contribution in [3.05, 3.63) is 53.7 Å². The van der Waals surface area contributed by atoms with Crippen LogP contribution in [-0.2, 0) is 0 Å². The van der Waals surface area contributed by atoms with Crippen LogP contribution in [0.1, 0.15) is 20.8 Å². The van der Waals surface area contributed by atoms with Crippen LogP contribution in [-0.4, -0.2) is 27.1 Å². The van der Waals surface area contributed by atoms with Crippen molar-refractivity contribution in [1.82, 2.24) is 4.98 Å². The van der Waals surface area contributed by atoms with E-state index in [4.69, 9.17) is 5.11 Å². The van der Waals surface area contributed by atoms with Crippen LogP contribution in [0.15, 0.2) is 42.5 Å². The van der Waals surface area contributed by atoms with Gasteiger partial charge >= 0.3 is 5.97 Å². The van der Waals surface area contributed by atoms with Gasteiger partial charge in [-0.25, -0.2) is 9.78 Å². The Labute approximate surface area is 108 Å². The van der Waals surface area contributed by atoms with E-state index >= 15 is 0 Å². The average molecular weight is 258 g/mol. The zero-order valence-electron chi connectivity index (χ0n) is 9.70. The van der Waals surface area contributed by atoms with Crippen molar-refractivity contribution < 1.29 is 19.8 Å². The molecule has 3 N–H and O–H groups in total. The fourth-order valence-corrected chi connectivity index (χ4v) is 1.47. The highest BCUT2D eigenvalue weighted by molar-refractivity contribution is 6.05. The zero-order valence-corrected chi connectivity index (χ0v) is 9.70. The summed E-state index contributed by atoms with van der Waals surface area (Å²) in [5.74, 6) is -1.80. The molecule has 96 valence electrons. The van der Waals surface area contributed by atoms with Gasteiger partial charge in [0.15, 0.2) is 5.69 Å². The first-order valence-electron chi connectivity index (χ1n) is 5.37. The van der Waals surface area contributed by atoms with Crippen LogP contribution in [0.3, 0.4) is 0 Å². The number of nitrogens with zero attached hydrogens (tertiary/aromatic N) is 1. The van der Waals surface area contributed by atoms with E-state index in [1.165, 1.54) is 30.3 Å². The van der Waals surface area contributed by atoms with E-state index in [0.29, 0.717) is 0 Å². The van der Waals surface area contributed by atoms with Crippen molar-refractivity contribution >= 4 is 17.7 Å². The molecule has 0 aliphatic carbocycles. The fraction of sp³-hybridized carbons (Fsp3) is 0. The third kappa shape index (κ3) is 2.86. The van der Waals surface area contributed by atoms with Gasteiger partial charge in [0.05, 0.1) is 5.56 Å². The molecular weight excluding hydrogens is 248 g/mol. The molecule has 0 aliphatic heterocycles. The molecule has 6 heteroatoms. The molecule has 19 heavy (non-hydrogen) atoms. The minimum absolute atomic E-state index is 0.0880. The number of amides is 1. The quantitative estimate of drug-likeness (QED) is 0.778. The number of anilines is 1. The first kappa shape index (κ1) is 12.6. The number of carbonyl (C=O) groups excluding carboxylic acids is 1.